The van der Waals surface area contributed by atoms with Gasteiger partial charge in [0.2, 0.25) is 17.6 Å². The van der Waals surface area contributed by atoms with E-state index in [1.54, 1.807) is 0 Å². The number of amides is 2. The van der Waals surface area contributed by atoms with Gasteiger partial charge in [0, 0.05) is 38.5 Å². The fourth-order valence-electron chi connectivity index (χ4n) is 3.36. The number of H-pyrrole nitrogens is 1. The Morgan fingerprint density at radius 3 is 2.45 bits per heavy atom. The zero-order valence-corrected chi connectivity index (χ0v) is 18.0. The maximum absolute atomic E-state index is 12.6. The van der Waals surface area contributed by atoms with E-state index >= 15 is 0 Å². The number of benzene rings is 2. The van der Waals surface area contributed by atoms with E-state index in [0.29, 0.717) is 31.9 Å². The van der Waals surface area contributed by atoms with Crippen LogP contribution in [0, 0.1) is 0 Å². The van der Waals surface area contributed by atoms with Crippen molar-refractivity contribution < 1.29 is 9.59 Å². The summed E-state index contributed by atoms with van der Waals surface area (Å²) >= 11 is 0. The van der Waals surface area contributed by atoms with Gasteiger partial charge < -0.3 is 10.2 Å². The van der Waals surface area contributed by atoms with Crippen LogP contribution in [0.15, 0.2) is 48.5 Å². The van der Waals surface area contributed by atoms with Gasteiger partial charge in [-0.1, -0.05) is 61.9 Å². The number of nitrogens with one attached hydrogen (secondary N) is 2. The lowest BCUT2D eigenvalue weighted by atomic mass is 9.98. The van der Waals surface area contributed by atoms with Crippen LogP contribution in [0.5, 0.6) is 0 Å². The van der Waals surface area contributed by atoms with E-state index in [9.17, 15) is 9.59 Å². The number of carbonyl (C=O) groups excluding carboxylic acids is 2. The molecule has 1 heterocycles. The predicted molar refractivity (Wildman–Crippen MR) is 119 cm³/mol. The van der Waals surface area contributed by atoms with E-state index in [1.165, 1.54) is 6.92 Å². The first-order chi connectivity index (χ1) is 15.1. The van der Waals surface area contributed by atoms with Gasteiger partial charge in [-0.05, 0) is 28.3 Å². The molecule has 0 atom stereocenters. The van der Waals surface area contributed by atoms with Gasteiger partial charge in [-0.2, -0.15) is 5.21 Å². The summed E-state index contributed by atoms with van der Waals surface area (Å²) in [4.78, 5) is 25.6. The Morgan fingerprint density at radius 1 is 1.06 bits per heavy atom. The molecule has 2 N–H and O–H groups in total. The summed E-state index contributed by atoms with van der Waals surface area (Å²) < 4.78 is 0. The average molecular weight is 421 g/mol. The van der Waals surface area contributed by atoms with Crippen molar-refractivity contribution in [1.29, 1.82) is 0 Å². The predicted octanol–water partition coefficient (Wildman–Crippen LogP) is 3.19. The van der Waals surface area contributed by atoms with Crippen molar-refractivity contribution in [3.63, 3.8) is 0 Å². The molecule has 3 aromatic rings. The molecular formula is C23H28N6O2. The highest BCUT2D eigenvalue weighted by atomic mass is 16.2. The molecule has 2 aromatic carbocycles. The van der Waals surface area contributed by atoms with Gasteiger partial charge in [-0.25, -0.2) is 0 Å². The van der Waals surface area contributed by atoms with Gasteiger partial charge in [-0.3, -0.25) is 9.59 Å². The number of aromatic nitrogens is 4. The Balaban J connectivity index is 1.75. The van der Waals surface area contributed by atoms with Crippen LogP contribution in [0.2, 0.25) is 0 Å². The Labute approximate surface area is 182 Å². The SMILES string of the molecule is CCCCC(=O)N(CCNC(C)=O)Cc1ccc(-c2ccccc2-c2nn[nH]n2)cc1. The van der Waals surface area contributed by atoms with Crippen molar-refractivity contribution in [2.45, 2.75) is 39.7 Å². The largest absolute Gasteiger partial charge is 0.355 e. The van der Waals surface area contributed by atoms with Crippen LogP contribution in [-0.2, 0) is 16.1 Å². The minimum atomic E-state index is -0.0921. The number of tetrazole rings is 1. The van der Waals surface area contributed by atoms with Crippen molar-refractivity contribution >= 4 is 11.8 Å². The lowest BCUT2D eigenvalue weighted by Gasteiger charge is -2.23. The highest BCUT2D eigenvalue weighted by Crippen LogP contribution is 2.29. The van der Waals surface area contributed by atoms with Gasteiger partial charge in [0.05, 0.1) is 0 Å². The van der Waals surface area contributed by atoms with Gasteiger partial charge in [0.25, 0.3) is 0 Å². The number of aromatic amines is 1. The van der Waals surface area contributed by atoms with Crippen LogP contribution in [0.3, 0.4) is 0 Å². The summed E-state index contributed by atoms with van der Waals surface area (Å²) in [5.41, 5.74) is 3.98. The lowest BCUT2D eigenvalue weighted by Crippen LogP contribution is -2.37. The van der Waals surface area contributed by atoms with Crippen LogP contribution in [0.25, 0.3) is 22.5 Å². The summed E-state index contributed by atoms with van der Waals surface area (Å²) in [6.45, 7) is 5.00. The molecule has 31 heavy (non-hydrogen) atoms. The molecule has 0 aliphatic rings. The Hall–Kier alpha value is -3.55. The second kappa shape index (κ2) is 11.0. The molecule has 2 amide bonds. The van der Waals surface area contributed by atoms with Crippen LogP contribution in [0.1, 0.15) is 38.7 Å². The van der Waals surface area contributed by atoms with Crippen LogP contribution in [-0.4, -0.2) is 50.4 Å². The lowest BCUT2D eigenvalue weighted by molar-refractivity contribution is -0.132. The fourth-order valence-corrected chi connectivity index (χ4v) is 3.36. The molecule has 0 aliphatic heterocycles. The molecule has 0 radical (unpaired) electrons. The Bertz CT molecular complexity index is 986. The molecule has 8 heteroatoms. The van der Waals surface area contributed by atoms with Crippen molar-refractivity contribution in [3.8, 4) is 22.5 Å². The highest BCUT2D eigenvalue weighted by molar-refractivity contribution is 5.80. The number of hydrogen-bond acceptors (Lipinski definition) is 5. The molecule has 1 aromatic heterocycles. The molecule has 0 saturated heterocycles. The van der Waals surface area contributed by atoms with Gasteiger partial charge in [0.15, 0.2) is 0 Å². The summed E-state index contributed by atoms with van der Waals surface area (Å²) in [5, 5.41) is 17.1. The first kappa shape index (κ1) is 22.1. The third-order valence-corrected chi connectivity index (χ3v) is 5.00. The molecule has 0 spiro atoms. The second-order valence-corrected chi connectivity index (χ2v) is 7.38. The van der Waals surface area contributed by atoms with Crippen molar-refractivity contribution in [2.75, 3.05) is 13.1 Å². The zero-order valence-electron chi connectivity index (χ0n) is 18.0. The van der Waals surface area contributed by atoms with E-state index in [4.69, 9.17) is 0 Å². The number of nitrogens with zero attached hydrogens (tertiary/aromatic N) is 4. The molecule has 3 rings (SSSR count). The van der Waals surface area contributed by atoms with Crippen molar-refractivity contribution in [1.82, 2.24) is 30.8 Å². The summed E-state index contributed by atoms with van der Waals surface area (Å²) in [6.07, 6.45) is 2.35. The molecule has 0 bridgehead atoms. The summed E-state index contributed by atoms with van der Waals surface area (Å²) in [6, 6.07) is 16.0. The molecule has 0 aliphatic carbocycles. The van der Waals surface area contributed by atoms with Crippen LogP contribution < -0.4 is 5.32 Å². The number of hydrogen-bond donors (Lipinski definition) is 2. The molecule has 162 valence electrons. The molecule has 0 unspecified atom stereocenters. The molecule has 0 fully saturated rings. The minimum absolute atomic E-state index is 0.0921. The third kappa shape index (κ3) is 6.21. The minimum Gasteiger partial charge on any atom is -0.355 e. The van der Waals surface area contributed by atoms with E-state index in [1.807, 2.05) is 53.4 Å². The smallest absolute Gasteiger partial charge is 0.222 e. The summed E-state index contributed by atoms with van der Waals surface area (Å²) in [7, 11) is 0. The van der Waals surface area contributed by atoms with Crippen LogP contribution in [0.4, 0.5) is 0 Å². The zero-order chi connectivity index (χ0) is 22.1. The first-order valence-electron chi connectivity index (χ1n) is 10.5. The second-order valence-electron chi connectivity index (χ2n) is 7.38. The fraction of sp³-hybridized carbons (Fsp3) is 0.348. The normalized spacial score (nSPS) is 10.6. The van der Waals surface area contributed by atoms with Crippen molar-refractivity contribution in [2.24, 2.45) is 0 Å². The Kier molecular flexibility index (Phi) is 7.86. The van der Waals surface area contributed by atoms with Gasteiger partial charge in [-0.15, -0.1) is 10.2 Å². The monoisotopic (exact) mass is 420 g/mol. The quantitative estimate of drug-likeness (QED) is 0.524. The van der Waals surface area contributed by atoms with Crippen LogP contribution >= 0.6 is 0 Å². The van der Waals surface area contributed by atoms with Gasteiger partial charge in [0.1, 0.15) is 0 Å². The maximum atomic E-state index is 12.6. The standard InChI is InChI=1S/C23H28N6O2/c1-3-4-9-22(31)29(15-14-24-17(2)30)16-18-10-12-19(13-11-18)20-7-5-6-8-21(20)23-25-27-28-26-23/h5-8,10-13H,3-4,9,14-16H2,1-2H3,(H,24,30)(H,25,26,27,28). The molecule has 0 saturated carbocycles. The van der Waals surface area contributed by atoms with Gasteiger partial charge >= 0.3 is 0 Å². The van der Waals surface area contributed by atoms with Crippen molar-refractivity contribution in [3.05, 3.63) is 54.1 Å². The summed E-state index contributed by atoms with van der Waals surface area (Å²) in [5.74, 6) is 0.564. The molecule has 8 nitrogen and oxygen atoms in total. The third-order valence-electron chi connectivity index (χ3n) is 5.00. The number of carbonyl (C=O) groups is 2. The number of rotatable bonds is 10. The topological polar surface area (TPSA) is 104 Å². The first-order valence-corrected chi connectivity index (χ1v) is 10.5. The molecular weight excluding hydrogens is 392 g/mol. The van der Waals surface area contributed by atoms with E-state index < -0.39 is 0 Å². The van der Waals surface area contributed by atoms with E-state index in [-0.39, 0.29) is 11.8 Å². The van der Waals surface area contributed by atoms with E-state index in [0.717, 1.165) is 35.1 Å². The average Bonchev–Trinajstić information content (AvgIpc) is 3.32. The maximum Gasteiger partial charge on any atom is 0.222 e. The Morgan fingerprint density at radius 2 is 1.81 bits per heavy atom. The highest BCUT2D eigenvalue weighted by Gasteiger charge is 2.15. The number of unbranched alkanes of at least 4 members (excludes halogenated alkanes) is 1. The van der Waals surface area contributed by atoms with E-state index in [2.05, 4.69) is 32.9 Å².